The van der Waals surface area contributed by atoms with E-state index < -0.39 is 5.97 Å². The van der Waals surface area contributed by atoms with Gasteiger partial charge >= 0.3 is 5.97 Å². The Morgan fingerprint density at radius 1 is 1.30 bits per heavy atom. The Hall–Kier alpha value is -1.88. The number of hydrogen-bond acceptors (Lipinski definition) is 3. The Morgan fingerprint density at radius 3 is 2.65 bits per heavy atom. The average molecular weight is 278 g/mol. The lowest BCUT2D eigenvalue weighted by Crippen LogP contribution is -2.36. The largest absolute Gasteiger partial charge is 0.478 e. The smallest absolute Gasteiger partial charge is 0.335 e. The number of nitrogens with zero attached hydrogens (tertiary/aromatic N) is 1. The summed E-state index contributed by atoms with van der Waals surface area (Å²) in [5.74, 6) is -0.912. The van der Waals surface area contributed by atoms with Gasteiger partial charge in [0.1, 0.15) is 0 Å². The Balaban J connectivity index is 2.47. The average Bonchev–Trinajstić information content (AvgIpc) is 2.43. The third-order valence-electron chi connectivity index (χ3n) is 3.00. The molecule has 5 heteroatoms. The first-order valence-corrected chi connectivity index (χ1v) is 6.81. The molecule has 110 valence electrons. The number of carboxylic acids is 1. The highest BCUT2D eigenvalue weighted by molar-refractivity contribution is 5.89. The second-order valence-corrected chi connectivity index (χ2v) is 4.80. The van der Waals surface area contributed by atoms with E-state index in [2.05, 4.69) is 5.32 Å². The van der Waals surface area contributed by atoms with Crippen LogP contribution in [0.25, 0.3) is 0 Å². The van der Waals surface area contributed by atoms with Crippen LogP contribution >= 0.6 is 0 Å². The fourth-order valence-electron chi connectivity index (χ4n) is 1.90. The first kappa shape index (κ1) is 16.2. The first-order chi connectivity index (χ1) is 9.54. The van der Waals surface area contributed by atoms with Crippen LogP contribution in [0.15, 0.2) is 24.3 Å². The molecule has 0 heterocycles. The van der Waals surface area contributed by atoms with E-state index >= 15 is 0 Å². The van der Waals surface area contributed by atoms with Gasteiger partial charge in [0.2, 0.25) is 5.91 Å². The van der Waals surface area contributed by atoms with E-state index in [1.54, 1.807) is 12.1 Å². The summed E-state index contributed by atoms with van der Waals surface area (Å²) in [6.07, 6.45) is 1.53. The summed E-state index contributed by atoms with van der Waals surface area (Å²) in [6.45, 7) is 3.67. The van der Waals surface area contributed by atoms with Gasteiger partial charge in [-0.25, -0.2) is 4.79 Å². The van der Waals surface area contributed by atoms with Crippen molar-refractivity contribution in [3.63, 3.8) is 0 Å². The fourth-order valence-corrected chi connectivity index (χ4v) is 1.90. The zero-order valence-electron chi connectivity index (χ0n) is 12.1. The van der Waals surface area contributed by atoms with Crippen molar-refractivity contribution in [1.29, 1.82) is 0 Å². The zero-order valence-corrected chi connectivity index (χ0v) is 12.1. The number of rotatable bonds is 8. The Kier molecular flexibility index (Phi) is 6.73. The number of carboxylic acid groups (broad SMARTS) is 1. The van der Waals surface area contributed by atoms with Crippen molar-refractivity contribution >= 4 is 11.9 Å². The summed E-state index contributed by atoms with van der Waals surface area (Å²) in [5, 5.41) is 11.9. The summed E-state index contributed by atoms with van der Waals surface area (Å²) in [7, 11) is 1.86. The number of aromatic carboxylic acids is 1. The summed E-state index contributed by atoms with van der Waals surface area (Å²) >= 11 is 0. The highest BCUT2D eigenvalue weighted by Gasteiger charge is 2.10. The molecule has 5 nitrogen and oxygen atoms in total. The van der Waals surface area contributed by atoms with E-state index in [-0.39, 0.29) is 5.91 Å². The fraction of sp³-hybridized carbons (Fsp3) is 0.467. The molecule has 1 amide bonds. The van der Waals surface area contributed by atoms with Crippen molar-refractivity contribution in [3.8, 4) is 0 Å². The molecule has 0 fully saturated rings. The SMILES string of the molecule is CCCNC(=O)CN(C)CCc1ccccc1C(=O)O. The summed E-state index contributed by atoms with van der Waals surface area (Å²) < 4.78 is 0. The van der Waals surface area contributed by atoms with Crippen LogP contribution in [0.3, 0.4) is 0 Å². The Morgan fingerprint density at radius 2 is 2.00 bits per heavy atom. The van der Waals surface area contributed by atoms with Crippen molar-refractivity contribution in [2.75, 3.05) is 26.7 Å². The van der Waals surface area contributed by atoms with Crippen molar-refractivity contribution in [3.05, 3.63) is 35.4 Å². The molecule has 0 radical (unpaired) electrons. The molecule has 20 heavy (non-hydrogen) atoms. The van der Waals surface area contributed by atoms with Crippen LogP contribution < -0.4 is 5.32 Å². The molecule has 0 aromatic heterocycles. The maximum absolute atomic E-state index is 11.6. The van der Waals surface area contributed by atoms with E-state index in [4.69, 9.17) is 5.11 Å². The topological polar surface area (TPSA) is 69.6 Å². The maximum Gasteiger partial charge on any atom is 0.335 e. The third kappa shape index (κ3) is 5.40. The lowest BCUT2D eigenvalue weighted by atomic mass is 10.0. The molecule has 0 atom stereocenters. The molecule has 0 bridgehead atoms. The van der Waals surface area contributed by atoms with Gasteiger partial charge in [-0.3, -0.25) is 9.69 Å². The van der Waals surface area contributed by atoms with Gasteiger partial charge in [-0.1, -0.05) is 25.1 Å². The number of benzene rings is 1. The first-order valence-electron chi connectivity index (χ1n) is 6.81. The highest BCUT2D eigenvalue weighted by Crippen LogP contribution is 2.09. The Labute approximate surface area is 119 Å². The van der Waals surface area contributed by atoms with Gasteiger partial charge in [0.25, 0.3) is 0 Å². The van der Waals surface area contributed by atoms with Crippen molar-refractivity contribution < 1.29 is 14.7 Å². The molecule has 0 aliphatic carbocycles. The molecule has 2 N–H and O–H groups in total. The van der Waals surface area contributed by atoms with Crippen molar-refractivity contribution in [2.24, 2.45) is 0 Å². The number of nitrogens with one attached hydrogen (secondary N) is 1. The van der Waals surface area contributed by atoms with Crippen LogP contribution in [0, 0.1) is 0 Å². The standard InChI is InChI=1S/C15H22N2O3/c1-3-9-16-14(18)11-17(2)10-8-12-6-4-5-7-13(12)15(19)20/h4-7H,3,8-11H2,1-2H3,(H,16,18)(H,19,20). The highest BCUT2D eigenvalue weighted by atomic mass is 16.4. The molecule has 1 rings (SSSR count). The molecule has 0 saturated carbocycles. The predicted octanol–water partition coefficient (Wildman–Crippen LogP) is 1.39. The quantitative estimate of drug-likeness (QED) is 0.754. The number of carbonyl (C=O) groups excluding carboxylic acids is 1. The minimum atomic E-state index is -0.913. The van der Waals surface area contributed by atoms with Gasteiger partial charge in [0, 0.05) is 13.1 Å². The molecule has 1 aromatic rings. The molecule has 0 unspecified atom stereocenters. The molecule has 0 spiro atoms. The van der Waals surface area contributed by atoms with Crippen molar-refractivity contribution in [1.82, 2.24) is 10.2 Å². The van der Waals surface area contributed by atoms with E-state index in [0.29, 0.717) is 31.6 Å². The van der Waals surface area contributed by atoms with Gasteiger partial charge in [0.05, 0.1) is 12.1 Å². The minimum absolute atomic E-state index is 0.000805. The van der Waals surface area contributed by atoms with Crippen LogP contribution in [0.5, 0.6) is 0 Å². The summed E-state index contributed by atoms with van der Waals surface area (Å²) in [5.41, 5.74) is 1.12. The van der Waals surface area contributed by atoms with E-state index in [0.717, 1.165) is 12.0 Å². The molecular weight excluding hydrogens is 256 g/mol. The number of likely N-dealkylation sites (N-methyl/N-ethyl adjacent to an activating group) is 1. The molecule has 0 aliphatic heterocycles. The summed E-state index contributed by atoms with van der Waals surface area (Å²) in [6, 6.07) is 6.96. The summed E-state index contributed by atoms with van der Waals surface area (Å²) in [4.78, 5) is 24.5. The Bertz CT molecular complexity index is 460. The number of amides is 1. The lowest BCUT2D eigenvalue weighted by molar-refractivity contribution is -0.121. The van der Waals surface area contributed by atoms with Crippen molar-refractivity contribution in [2.45, 2.75) is 19.8 Å². The van der Waals surface area contributed by atoms with Crippen LogP contribution in [0.4, 0.5) is 0 Å². The molecule has 1 aromatic carbocycles. The predicted molar refractivity (Wildman–Crippen MR) is 77.9 cm³/mol. The minimum Gasteiger partial charge on any atom is -0.478 e. The molecule has 0 aliphatic rings. The third-order valence-corrected chi connectivity index (χ3v) is 3.00. The maximum atomic E-state index is 11.6. The van der Waals surface area contributed by atoms with E-state index in [1.807, 2.05) is 31.0 Å². The van der Waals surface area contributed by atoms with E-state index in [1.165, 1.54) is 0 Å². The van der Waals surface area contributed by atoms with Crippen LogP contribution in [0.2, 0.25) is 0 Å². The van der Waals surface area contributed by atoms with Gasteiger partial charge < -0.3 is 10.4 Å². The van der Waals surface area contributed by atoms with Gasteiger partial charge in [-0.15, -0.1) is 0 Å². The van der Waals surface area contributed by atoms with Gasteiger partial charge in [0.15, 0.2) is 0 Å². The lowest BCUT2D eigenvalue weighted by Gasteiger charge is -2.16. The van der Waals surface area contributed by atoms with E-state index in [9.17, 15) is 9.59 Å². The van der Waals surface area contributed by atoms with Gasteiger partial charge in [-0.05, 0) is 31.5 Å². The number of carbonyl (C=O) groups is 2. The van der Waals surface area contributed by atoms with Crippen LogP contribution in [-0.4, -0.2) is 48.6 Å². The second-order valence-electron chi connectivity index (χ2n) is 4.80. The van der Waals surface area contributed by atoms with Crippen LogP contribution in [0.1, 0.15) is 29.3 Å². The molecular formula is C15H22N2O3. The monoisotopic (exact) mass is 278 g/mol. The normalized spacial score (nSPS) is 10.6. The second kappa shape index (κ2) is 8.32. The molecule has 0 saturated heterocycles. The van der Waals surface area contributed by atoms with Crippen LogP contribution in [-0.2, 0) is 11.2 Å². The zero-order chi connectivity index (χ0) is 15.0. The number of hydrogen-bond donors (Lipinski definition) is 2. The van der Waals surface area contributed by atoms with Gasteiger partial charge in [-0.2, -0.15) is 0 Å².